The molecule has 12 heteroatoms. The maximum absolute atomic E-state index is 15.1. The Kier molecular flexibility index (Phi) is 9.98. The molecule has 2 aromatic carbocycles. The van der Waals surface area contributed by atoms with Gasteiger partial charge in [-0.2, -0.15) is 9.97 Å². The molecule has 0 bridgehead atoms. The van der Waals surface area contributed by atoms with Gasteiger partial charge in [-0.1, -0.05) is 13.0 Å². The van der Waals surface area contributed by atoms with Crippen molar-refractivity contribution < 1.29 is 32.5 Å². The zero-order chi connectivity index (χ0) is 33.1. The molecule has 2 atom stereocenters. The smallest absolute Gasteiger partial charge is 0.318 e. The number of carbonyl (C=O) groups excluding carboxylic acids is 1. The third-order valence-corrected chi connectivity index (χ3v) is 9.88. The maximum atomic E-state index is 15.1. The molecule has 2 fully saturated rings. The first kappa shape index (κ1) is 33.1. The third kappa shape index (κ3) is 6.80. The van der Waals surface area contributed by atoms with Crippen LogP contribution in [0.2, 0.25) is 0 Å². The highest BCUT2D eigenvalue weighted by Gasteiger charge is 2.49. The normalized spacial score (nSPS) is 20.7. The summed E-state index contributed by atoms with van der Waals surface area (Å²) in [6, 6.07) is 7.42. The Balaban J connectivity index is 1.35. The summed E-state index contributed by atoms with van der Waals surface area (Å²) in [5, 5.41) is 1.74. The van der Waals surface area contributed by atoms with E-state index < -0.39 is 6.17 Å². The van der Waals surface area contributed by atoms with Crippen molar-refractivity contribution in [2.24, 2.45) is 0 Å². The molecule has 0 amide bonds. The Bertz CT molecular complexity index is 1610. The third-order valence-electron chi connectivity index (χ3n) is 9.88. The summed E-state index contributed by atoms with van der Waals surface area (Å²) in [5.74, 6) is 0.903. The number of aromatic nitrogens is 2. The number of methoxy groups -OCH3 is 2. The fourth-order valence-corrected chi connectivity index (χ4v) is 7.56. The number of aryl methyl sites for hydroxylation is 1. The molecule has 0 spiro atoms. The first-order valence-electron chi connectivity index (χ1n) is 16.6. The van der Waals surface area contributed by atoms with Gasteiger partial charge in [0.1, 0.15) is 30.2 Å². The molecular formula is C35H45F2N5O5. The summed E-state index contributed by atoms with van der Waals surface area (Å²) in [6.45, 7) is 5.38. The number of ether oxygens (including phenoxy) is 4. The number of benzene rings is 2. The first-order chi connectivity index (χ1) is 22.7. The van der Waals surface area contributed by atoms with Crippen LogP contribution in [0.1, 0.15) is 55.8 Å². The molecule has 0 radical (unpaired) electrons. The van der Waals surface area contributed by atoms with Crippen LogP contribution < -0.4 is 19.3 Å². The largest absolute Gasteiger partial charge is 0.469 e. The molecule has 1 aromatic heterocycles. The van der Waals surface area contributed by atoms with E-state index in [4.69, 9.17) is 28.9 Å². The summed E-state index contributed by atoms with van der Waals surface area (Å²) >= 11 is 0. The van der Waals surface area contributed by atoms with Gasteiger partial charge in [0.05, 0.1) is 24.9 Å². The highest BCUT2D eigenvalue weighted by Crippen LogP contribution is 2.41. The Morgan fingerprint density at radius 3 is 2.81 bits per heavy atom. The quantitative estimate of drug-likeness (QED) is 0.181. The Morgan fingerprint density at radius 2 is 2.02 bits per heavy atom. The second-order valence-electron chi connectivity index (χ2n) is 12.9. The number of rotatable bonds is 13. The second-order valence-corrected chi connectivity index (χ2v) is 12.9. The monoisotopic (exact) mass is 653 g/mol. The van der Waals surface area contributed by atoms with E-state index in [-0.39, 0.29) is 30.1 Å². The average Bonchev–Trinajstić information content (AvgIpc) is 3.60. The zero-order valence-corrected chi connectivity index (χ0v) is 27.8. The number of halogens is 2. The molecule has 3 aromatic rings. The van der Waals surface area contributed by atoms with Crippen LogP contribution >= 0.6 is 0 Å². The summed E-state index contributed by atoms with van der Waals surface area (Å²) in [5.41, 5.74) is 3.02. The van der Waals surface area contributed by atoms with Crippen molar-refractivity contribution in [2.75, 3.05) is 70.6 Å². The van der Waals surface area contributed by atoms with Crippen molar-refractivity contribution in [3.05, 3.63) is 46.9 Å². The molecule has 0 N–H and O–H groups in total. The molecule has 2 saturated heterocycles. The van der Waals surface area contributed by atoms with E-state index in [0.29, 0.717) is 76.2 Å². The van der Waals surface area contributed by atoms with E-state index in [1.807, 2.05) is 31.0 Å². The minimum atomic E-state index is -0.857. The van der Waals surface area contributed by atoms with Crippen LogP contribution in [0, 0.1) is 5.82 Å². The van der Waals surface area contributed by atoms with Crippen molar-refractivity contribution in [1.29, 1.82) is 0 Å². The molecular weight excluding hydrogens is 608 g/mol. The Labute approximate surface area is 274 Å². The molecule has 10 nitrogen and oxygen atoms in total. The van der Waals surface area contributed by atoms with E-state index >= 15 is 4.39 Å². The van der Waals surface area contributed by atoms with E-state index in [0.717, 1.165) is 52.9 Å². The lowest BCUT2D eigenvalue weighted by Gasteiger charge is -2.34. The van der Waals surface area contributed by atoms with Gasteiger partial charge in [0.25, 0.3) is 0 Å². The van der Waals surface area contributed by atoms with Crippen LogP contribution in [0.4, 0.5) is 20.3 Å². The topological polar surface area (TPSA) is 89.5 Å². The number of fused-ring (bicyclic) bond motifs is 3. The fourth-order valence-electron chi connectivity index (χ4n) is 7.56. The zero-order valence-electron chi connectivity index (χ0n) is 27.8. The molecule has 0 aliphatic carbocycles. The highest BCUT2D eigenvalue weighted by molar-refractivity contribution is 5.98. The number of hydrogen-bond donors (Lipinski definition) is 0. The van der Waals surface area contributed by atoms with Crippen molar-refractivity contribution in [3.63, 3.8) is 0 Å². The second kappa shape index (κ2) is 14.1. The van der Waals surface area contributed by atoms with Crippen molar-refractivity contribution >= 4 is 28.2 Å². The number of nitrogens with zero attached hydrogens (tertiary/aromatic N) is 5. The van der Waals surface area contributed by atoms with Gasteiger partial charge in [0, 0.05) is 69.3 Å². The van der Waals surface area contributed by atoms with Gasteiger partial charge in [0.2, 0.25) is 0 Å². The molecule has 3 aliphatic heterocycles. The Hall–Kier alpha value is -3.77. The predicted octanol–water partition coefficient (Wildman–Crippen LogP) is 5.22. The molecule has 0 unspecified atom stereocenters. The lowest BCUT2D eigenvalue weighted by Crippen LogP contribution is -2.43. The van der Waals surface area contributed by atoms with Crippen LogP contribution in [0.5, 0.6) is 11.8 Å². The van der Waals surface area contributed by atoms with Gasteiger partial charge >= 0.3 is 12.0 Å². The van der Waals surface area contributed by atoms with Crippen molar-refractivity contribution in [1.82, 2.24) is 14.9 Å². The minimum absolute atomic E-state index is 0.0945. The van der Waals surface area contributed by atoms with Crippen LogP contribution in [0.15, 0.2) is 24.3 Å². The van der Waals surface area contributed by atoms with Crippen LogP contribution in [0.3, 0.4) is 0 Å². The summed E-state index contributed by atoms with van der Waals surface area (Å²) in [4.78, 5) is 28.1. The van der Waals surface area contributed by atoms with Crippen molar-refractivity contribution in [2.45, 2.75) is 70.1 Å². The fraction of sp³-hybridized carbons (Fsp3) is 0.571. The maximum Gasteiger partial charge on any atom is 0.318 e. The molecule has 0 saturated carbocycles. The molecule has 254 valence electrons. The van der Waals surface area contributed by atoms with Gasteiger partial charge < -0.3 is 28.7 Å². The number of carbonyl (C=O) groups is 1. The minimum Gasteiger partial charge on any atom is -0.469 e. The molecule has 6 rings (SSSR count). The standard InChI is InChI=1S/C35H45F2N5O5/c1-5-26-28(37)10-9-23-16-25(47-22-44-3)17-30(32(23)26)41-15-11-27-29(20-41)38-34(39-33(27)40(2)13-6-8-31(43)45-4)46-21-35-12-7-14-42(35)19-24(36)18-35/h9-10,16-17,24H,5-8,11-15,18-22H2,1-4H3/t24-,35+/m1/s1. The van der Waals surface area contributed by atoms with Crippen LogP contribution in [-0.2, 0) is 33.7 Å². The molecule has 3 aliphatic rings. The van der Waals surface area contributed by atoms with E-state index in [1.54, 1.807) is 13.2 Å². The predicted molar refractivity (Wildman–Crippen MR) is 176 cm³/mol. The number of alkyl halides is 1. The highest BCUT2D eigenvalue weighted by atomic mass is 19.1. The lowest BCUT2D eigenvalue weighted by molar-refractivity contribution is -0.140. The van der Waals surface area contributed by atoms with Crippen LogP contribution in [-0.4, -0.2) is 93.4 Å². The van der Waals surface area contributed by atoms with Gasteiger partial charge in [-0.15, -0.1) is 0 Å². The van der Waals surface area contributed by atoms with Crippen LogP contribution in [0.25, 0.3) is 10.8 Å². The summed E-state index contributed by atoms with van der Waals surface area (Å²) in [6.07, 6.45) is 3.60. The number of esters is 1. The van der Waals surface area contributed by atoms with Gasteiger partial charge in [-0.25, -0.2) is 8.78 Å². The lowest BCUT2D eigenvalue weighted by atomic mass is 9.95. The van der Waals surface area contributed by atoms with Crippen molar-refractivity contribution in [3.8, 4) is 11.8 Å². The van der Waals surface area contributed by atoms with Gasteiger partial charge in [-0.3, -0.25) is 9.69 Å². The van der Waals surface area contributed by atoms with E-state index in [1.165, 1.54) is 13.2 Å². The van der Waals surface area contributed by atoms with Gasteiger partial charge in [-0.05, 0) is 61.7 Å². The number of hydrogen-bond acceptors (Lipinski definition) is 10. The van der Waals surface area contributed by atoms with E-state index in [9.17, 15) is 9.18 Å². The Morgan fingerprint density at radius 1 is 1.17 bits per heavy atom. The molecule has 47 heavy (non-hydrogen) atoms. The number of anilines is 2. The summed E-state index contributed by atoms with van der Waals surface area (Å²) < 4.78 is 51.8. The van der Waals surface area contributed by atoms with Gasteiger partial charge in [0.15, 0.2) is 6.79 Å². The molecule has 4 heterocycles. The summed E-state index contributed by atoms with van der Waals surface area (Å²) in [7, 11) is 4.92. The average molecular weight is 654 g/mol. The first-order valence-corrected chi connectivity index (χ1v) is 16.6. The SMILES string of the molecule is CCc1c(F)ccc2cc(OCOC)cc(N3CCc4c(nc(OC[C@@]56CCCN5C[C@H](F)C6)nc4N(C)CCCC(=O)OC)C3)c12. The van der Waals surface area contributed by atoms with E-state index in [2.05, 4.69) is 9.80 Å².